The topological polar surface area (TPSA) is 66.0 Å². The lowest BCUT2D eigenvalue weighted by molar-refractivity contribution is 0.0564. The van der Waals surface area contributed by atoms with Gasteiger partial charge in [0.1, 0.15) is 12.7 Å². The average molecular weight is 344 g/mol. The van der Waals surface area contributed by atoms with Crippen LogP contribution in [0.4, 0.5) is 10.5 Å². The lowest BCUT2D eigenvalue weighted by atomic mass is 10.2. The molecular weight excluding hydrogens is 322 g/mol. The summed E-state index contributed by atoms with van der Waals surface area (Å²) in [4.78, 5) is 11.8. The van der Waals surface area contributed by atoms with Gasteiger partial charge in [-0.15, -0.1) is 0 Å². The van der Waals surface area contributed by atoms with Crippen molar-refractivity contribution in [3.05, 3.63) is 29.8 Å². The summed E-state index contributed by atoms with van der Waals surface area (Å²) < 4.78 is 21.0. The number of carbonyl (C=O) groups excluding carboxylic acids is 1. The molecule has 1 amide bonds. The van der Waals surface area contributed by atoms with Gasteiger partial charge in [0, 0.05) is 18.9 Å². The molecule has 0 aliphatic rings. The van der Waals surface area contributed by atoms with Gasteiger partial charge in [-0.3, -0.25) is 5.32 Å². The normalized spacial score (nSPS) is 11.5. The molecule has 1 atom stereocenters. The van der Waals surface area contributed by atoms with Gasteiger partial charge in [0.05, 0.1) is 18.2 Å². The lowest BCUT2D eigenvalue weighted by Gasteiger charge is -2.16. The highest BCUT2D eigenvalue weighted by molar-refractivity contribution is 6.32. The van der Waals surface area contributed by atoms with Gasteiger partial charge < -0.3 is 18.9 Å². The minimum absolute atomic E-state index is 0.295. The summed E-state index contributed by atoms with van der Waals surface area (Å²) in [7, 11) is 1.54. The lowest BCUT2D eigenvalue weighted by Crippen LogP contribution is -2.23. The molecule has 1 N–H and O–H groups in total. The molecule has 0 aromatic heterocycles. The van der Waals surface area contributed by atoms with Crippen LogP contribution in [0.2, 0.25) is 5.02 Å². The quantitative estimate of drug-likeness (QED) is 0.689. The number of hydrogen-bond donors (Lipinski definition) is 1. The molecule has 1 rings (SSSR count). The zero-order valence-corrected chi connectivity index (χ0v) is 14.3. The van der Waals surface area contributed by atoms with Gasteiger partial charge in [0.15, 0.2) is 11.5 Å². The number of carbonyl (C=O) groups is 1. The summed E-state index contributed by atoms with van der Waals surface area (Å²) in [6.07, 6.45) is 0.636. The average Bonchev–Trinajstić information content (AvgIpc) is 2.46. The van der Waals surface area contributed by atoms with E-state index in [2.05, 4.69) is 11.9 Å². The second-order valence-electron chi connectivity index (χ2n) is 4.61. The first-order valence-electron chi connectivity index (χ1n) is 7.18. The molecule has 128 valence electrons. The number of hydrogen-bond acceptors (Lipinski definition) is 5. The summed E-state index contributed by atoms with van der Waals surface area (Å²) in [6, 6.07) is 3.18. The Morgan fingerprint density at radius 2 is 2.17 bits per heavy atom. The molecule has 0 radical (unpaired) electrons. The number of rotatable bonds is 9. The number of anilines is 1. The second-order valence-corrected chi connectivity index (χ2v) is 5.02. The van der Waals surface area contributed by atoms with Crippen LogP contribution in [0.25, 0.3) is 0 Å². The zero-order chi connectivity index (χ0) is 17.2. The molecule has 23 heavy (non-hydrogen) atoms. The van der Waals surface area contributed by atoms with E-state index < -0.39 is 6.09 Å². The number of ether oxygens (including phenoxy) is 4. The van der Waals surface area contributed by atoms with Crippen molar-refractivity contribution in [1.82, 2.24) is 0 Å². The van der Waals surface area contributed by atoms with Crippen molar-refractivity contribution in [1.29, 1.82) is 0 Å². The van der Waals surface area contributed by atoms with Gasteiger partial charge in [0.2, 0.25) is 0 Å². The molecule has 0 bridgehead atoms. The number of methoxy groups -OCH3 is 1. The van der Waals surface area contributed by atoms with E-state index in [0.29, 0.717) is 42.0 Å². The van der Waals surface area contributed by atoms with Crippen molar-refractivity contribution in [2.45, 2.75) is 20.0 Å². The standard InChI is InChI=1S/C16H22ClNO5/c1-5-7-22-15-13(17)8-12(9-14(15)21-6-2)18-16(19)23-11(3)10-20-4/h5,8-9,11H,1,6-7,10H2,2-4H3,(H,18,19). The summed E-state index contributed by atoms with van der Waals surface area (Å²) in [5, 5.41) is 2.91. The van der Waals surface area contributed by atoms with Crippen LogP contribution in [0.1, 0.15) is 13.8 Å². The van der Waals surface area contributed by atoms with E-state index in [1.807, 2.05) is 6.92 Å². The fraction of sp³-hybridized carbons (Fsp3) is 0.438. The summed E-state index contributed by atoms with van der Waals surface area (Å²) >= 11 is 6.19. The Kier molecular flexibility index (Phi) is 8.29. The number of benzene rings is 1. The smallest absolute Gasteiger partial charge is 0.411 e. The predicted octanol–water partition coefficient (Wildman–Crippen LogP) is 3.89. The van der Waals surface area contributed by atoms with E-state index in [4.69, 9.17) is 30.5 Å². The van der Waals surface area contributed by atoms with Crippen LogP contribution in [0.5, 0.6) is 11.5 Å². The van der Waals surface area contributed by atoms with Gasteiger partial charge in [-0.05, 0) is 19.9 Å². The minimum atomic E-state index is -0.604. The third-order valence-electron chi connectivity index (χ3n) is 2.61. The van der Waals surface area contributed by atoms with E-state index >= 15 is 0 Å². The highest BCUT2D eigenvalue weighted by Crippen LogP contribution is 2.38. The van der Waals surface area contributed by atoms with Crippen molar-refractivity contribution in [3.63, 3.8) is 0 Å². The molecule has 0 heterocycles. The van der Waals surface area contributed by atoms with Gasteiger partial charge in [-0.1, -0.05) is 24.3 Å². The Balaban J connectivity index is 2.87. The molecule has 0 saturated carbocycles. The van der Waals surface area contributed by atoms with Gasteiger partial charge in [0.25, 0.3) is 0 Å². The minimum Gasteiger partial charge on any atom is -0.490 e. The Hall–Kier alpha value is -1.92. The van der Waals surface area contributed by atoms with E-state index in [1.54, 1.807) is 25.1 Å². The largest absolute Gasteiger partial charge is 0.490 e. The molecule has 1 aromatic rings. The van der Waals surface area contributed by atoms with Gasteiger partial charge >= 0.3 is 6.09 Å². The monoisotopic (exact) mass is 343 g/mol. The second kappa shape index (κ2) is 9.97. The number of amides is 1. The zero-order valence-electron chi connectivity index (χ0n) is 13.6. The van der Waals surface area contributed by atoms with Crippen LogP contribution in [-0.4, -0.2) is 39.1 Å². The van der Waals surface area contributed by atoms with Crippen LogP contribution in [0, 0.1) is 0 Å². The third-order valence-corrected chi connectivity index (χ3v) is 2.89. The maximum absolute atomic E-state index is 11.8. The van der Waals surface area contributed by atoms with Gasteiger partial charge in [-0.2, -0.15) is 0 Å². The first kappa shape index (κ1) is 19.1. The molecule has 1 aromatic carbocycles. The predicted molar refractivity (Wildman–Crippen MR) is 89.8 cm³/mol. The van der Waals surface area contributed by atoms with Crippen LogP contribution in [-0.2, 0) is 9.47 Å². The van der Waals surface area contributed by atoms with Crippen LogP contribution >= 0.6 is 11.6 Å². The molecule has 0 fully saturated rings. The van der Waals surface area contributed by atoms with Crippen molar-refractivity contribution < 1.29 is 23.7 Å². The van der Waals surface area contributed by atoms with Crippen molar-refractivity contribution >= 4 is 23.4 Å². The fourth-order valence-corrected chi connectivity index (χ4v) is 2.05. The Morgan fingerprint density at radius 1 is 1.43 bits per heavy atom. The maximum atomic E-state index is 11.8. The van der Waals surface area contributed by atoms with Gasteiger partial charge in [-0.25, -0.2) is 4.79 Å². The van der Waals surface area contributed by atoms with Crippen molar-refractivity contribution in [2.24, 2.45) is 0 Å². The first-order valence-corrected chi connectivity index (χ1v) is 7.56. The molecule has 0 aliphatic carbocycles. The van der Waals surface area contributed by atoms with Crippen molar-refractivity contribution in [2.75, 3.05) is 32.2 Å². The van der Waals surface area contributed by atoms with E-state index in [1.165, 1.54) is 7.11 Å². The fourth-order valence-electron chi connectivity index (χ4n) is 1.78. The Bertz CT molecular complexity index is 535. The number of halogens is 1. The molecular formula is C16H22ClNO5. The van der Waals surface area contributed by atoms with Crippen LogP contribution in [0.3, 0.4) is 0 Å². The third kappa shape index (κ3) is 6.38. The molecule has 0 spiro atoms. The SMILES string of the molecule is C=CCOc1c(Cl)cc(NC(=O)OC(C)COC)cc1OCC. The molecule has 1 unspecified atom stereocenters. The maximum Gasteiger partial charge on any atom is 0.411 e. The first-order chi connectivity index (χ1) is 11.0. The highest BCUT2D eigenvalue weighted by atomic mass is 35.5. The van der Waals surface area contributed by atoms with E-state index in [0.717, 1.165) is 0 Å². The van der Waals surface area contributed by atoms with Crippen molar-refractivity contribution in [3.8, 4) is 11.5 Å². The summed E-state index contributed by atoms with van der Waals surface area (Å²) in [5.74, 6) is 0.835. The summed E-state index contributed by atoms with van der Waals surface area (Å²) in [5.41, 5.74) is 0.444. The number of nitrogens with one attached hydrogen (secondary N) is 1. The van der Waals surface area contributed by atoms with E-state index in [-0.39, 0.29) is 6.10 Å². The molecule has 0 aliphatic heterocycles. The van der Waals surface area contributed by atoms with Crippen LogP contribution in [0.15, 0.2) is 24.8 Å². The van der Waals surface area contributed by atoms with Crippen LogP contribution < -0.4 is 14.8 Å². The molecule has 0 saturated heterocycles. The Morgan fingerprint density at radius 3 is 2.78 bits per heavy atom. The molecule has 7 heteroatoms. The summed E-state index contributed by atoms with van der Waals surface area (Å²) in [6.45, 7) is 8.19. The highest BCUT2D eigenvalue weighted by Gasteiger charge is 2.15. The molecule has 6 nitrogen and oxygen atoms in total. The Labute approximate surface area is 141 Å². The van der Waals surface area contributed by atoms with E-state index in [9.17, 15) is 4.79 Å².